The van der Waals surface area contributed by atoms with Gasteiger partial charge in [-0.05, 0) is 44.7 Å². The molecule has 0 radical (unpaired) electrons. The largest absolute Gasteiger partial charge is 0.481 e. The van der Waals surface area contributed by atoms with Crippen LogP contribution in [0.5, 0.6) is 0 Å². The van der Waals surface area contributed by atoms with Crippen LogP contribution < -0.4 is 5.32 Å². The van der Waals surface area contributed by atoms with Crippen LogP contribution in [0, 0.1) is 11.3 Å². The first kappa shape index (κ1) is 8.05. The highest BCUT2D eigenvalue weighted by Crippen LogP contribution is 2.50. The van der Waals surface area contributed by atoms with Crippen molar-refractivity contribution < 1.29 is 9.90 Å². The molecule has 1 aliphatic heterocycles. The topological polar surface area (TPSA) is 49.3 Å². The van der Waals surface area contributed by atoms with Gasteiger partial charge in [-0.1, -0.05) is 0 Å². The zero-order valence-electron chi connectivity index (χ0n) is 7.18. The summed E-state index contributed by atoms with van der Waals surface area (Å²) in [5.74, 6) is -0.0800. The van der Waals surface area contributed by atoms with E-state index >= 15 is 0 Å². The highest BCUT2D eigenvalue weighted by molar-refractivity contribution is 5.75. The first-order valence-electron chi connectivity index (χ1n) is 4.70. The second kappa shape index (κ2) is 2.73. The predicted molar refractivity (Wildman–Crippen MR) is 44.9 cm³/mol. The van der Waals surface area contributed by atoms with E-state index in [-0.39, 0.29) is 5.41 Å². The summed E-state index contributed by atoms with van der Waals surface area (Å²) in [7, 11) is 0. The van der Waals surface area contributed by atoms with E-state index in [9.17, 15) is 9.90 Å². The number of carboxylic acid groups (broad SMARTS) is 1. The summed E-state index contributed by atoms with van der Waals surface area (Å²) < 4.78 is 0. The maximum atomic E-state index is 11.1. The van der Waals surface area contributed by atoms with Gasteiger partial charge in [-0.15, -0.1) is 0 Å². The molecule has 2 N–H and O–H groups in total. The van der Waals surface area contributed by atoms with Crippen molar-refractivity contribution in [2.75, 3.05) is 13.1 Å². The summed E-state index contributed by atoms with van der Waals surface area (Å²) in [6.07, 6.45) is 3.92. The molecule has 3 nitrogen and oxygen atoms in total. The van der Waals surface area contributed by atoms with Crippen LogP contribution >= 0.6 is 0 Å². The van der Waals surface area contributed by atoms with Crippen LogP contribution in [0.3, 0.4) is 0 Å². The molecule has 0 bridgehead atoms. The minimum atomic E-state index is -0.563. The molecule has 1 heterocycles. The second-order valence-electron chi connectivity index (χ2n) is 3.99. The van der Waals surface area contributed by atoms with E-state index in [0.717, 1.165) is 38.8 Å². The number of hydrogen-bond donors (Lipinski definition) is 2. The quantitative estimate of drug-likeness (QED) is 0.644. The van der Waals surface area contributed by atoms with Gasteiger partial charge in [-0.2, -0.15) is 0 Å². The van der Waals surface area contributed by atoms with Crippen molar-refractivity contribution in [2.24, 2.45) is 11.3 Å². The van der Waals surface area contributed by atoms with E-state index < -0.39 is 5.97 Å². The van der Waals surface area contributed by atoms with E-state index in [1.165, 1.54) is 0 Å². The summed E-state index contributed by atoms with van der Waals surface area (Å²) in [6, 6.07) is 0. The van der Waals surface area contributed by atoms with E-state index in [1.54, 1.807) is 0 Å². The molecule has 0 aromatic carbocycles. The average Bonchev–Trinajstić information content (AvgIpc) is 2.88. The number of rotatable bonds is 2. The Morgan fingerprint density at radius 1 is 1.33 bits per heavy atom. The van der Waals surface area contributed by atoms with Crippen molar-refractivity contribution in [3.8, 4) is 0 Å². The number of carboxylic acids is 1. The fraction of sp³-hybridized carbons (Fsp3) is 0.889. The third kappa shape index (κ3) is 1.12. The van der Waals surface area contributed by atoms with Crippen LogP contribution in [-0.2, 0) is 4.79 Å². The summed E-state index contributed by atoms with van der Waals surface area (Å²) in [5, 5.41) is 12.4. The van der Waals surface area contributed by atoms with Crippen LogP contribution in [-0.4, -0.2) is 24.2 Å². The lowest BCUT2D eigenvalue weighted by Gasteiger charge is -2.33. The van der Waals surface area contributed by atoms with Crippen LogP contribution in [0.1, 0.15) is 25.7 Å². The highest BCUT2D eigenvalue weighted by atomic mass is 16.4. The lowest BCUT2D eigenvalue weighted by Crippen LogP contribution is -2.43. The first-order valence-corrected chi connectivity index (χ1v) is 4.70. The zero-order valence-corrected chi connectivity index (χ0v) is 7.18. The standard InChI is InChI=1S/C9H15NO2/c11-8(12)9(7-1-2-7)3-5-10-6-4-9/h7,10H,1-6H2,(H,11,12). The maximum Gasteiger partial charge on any atom is 0.310 e. The van der Waals surface area contributed by atoms with E-state index in [1.807, 2.05) is 0 Å². The van der Waals surface area contributed by atoms with Gasteiger partial charge in [0.2, 0.25) is 0 Å². The third-order valence-electron chi connectivity index (χ3n) is 3.28. The molecule has 0 amide bonds. The smallest absolute Gasteiger partial charge is 0.310 e. The Morgan fingerprint density at radius 2 is 1.92 bits per heavy atom. The maximum absolute atomic E-state index is 11.1. The van der Waals surface area contributed by atoms with Crippen molar-refractivity contribution in [2.45, 2.75) is 25.7 Å². The summed E-state index contributed by atoms with van der Waals surface area (Å²) in [5.41, 5.74) is -0.356. The SMILES string of the molecule is O=C(O)C1(C2CC2)CCNCC1. The van der Waals surface area contributed by atoms with Crippen molar-refractivity contribution in [3.05, 3.63) is 0 Å². The van der Waals surface area contributed by atoms with Gasteiger partial charge in [-0.25, -0.2) is 0 Å². The van der Waals surface area contributed by atoms with Crippen LogP contribution in [0.15, 0.2) is 0 Å². The minimum Gasteiger partial charge on any atom is -0.481 e. The van der Waals surface area contributed by atoms with E-state index in [0.29, 0.717) is 5.92 Å². The lowest BCUT2D eigenvalue weighted by atomic mass is 9.75. The van der Waals surface area contributed by atoms with Gasteiger partial charge in [0.15, 0.2) is 0 Å². The number of hydrogen-bond acceptors (Lipinski definition) is 2. The molecular weight excluding hydrogens is 154 g/mol. The first-order chi connectivity index (χ1) is 5.76. The molecule has 2 fully saturated rings. The van der Waals surface area contributed by atoms with Gasteiger partial charge in [-0.3, -0.25) is 4.79 Å². The number of piperidine rings is 1. The molecule has 1 saturated carbocycles. The molecule has 12 heavy (non-hydrogen) atoms. The van der Waals surface area contributed by atoms with Crippen LogP contribution in [0.2, 0.25) is 0 Å². The van der Waals surface area contributed by atoms with Crippen molar-refractivity contribution in [1.82, 2.24) is 5.32 Å². The third-order valence-corrected chi connectivity index (χ3v) is 3.28. The Kier molecular flexibility index (Phi) is 1.83. The van der Waals surface area contributed by atoms with Crippen molar-refractivity contribution >= 4 is 5.97 Å². The molecule has 0 spiro atoms. The van der Waals surface area contributed by atoms with Gasteiger partial charge >= 0.3 is 5.97 Å². The van der Waals surface area contributed by atoms with Crippen LogP contribution in [0.4, 0.5) is 0 Å². The molecule has 0 unspecified atom stereocenters. The molecule has 2 aliphatic rings. The number of carbonyl (C=O) groups is 1. The summed E-state index contributed by atoms with van der Waals surface area (Å²) in [6.45, 7) is 1.76. The van der Waals surface area contributed by atoms with Crippen molar-refractivity contribution in [3.63, 3.8) is 0 Å². The Morgan fingerprint density at radius 3 is 2.33 bits per heavy atom. The predicted octanol–water partition coefficient (Wildman–Crippen LogP) is 0.851. The molecule has 2 rings (SSSR count). The van der Waals surface area contributed by atoms with Gasteiger partial charge in [0, 0.05) is 0 Å². The monoisotopic (exact) mass is 169 g/mol. The van der Waals surface area contributed by atoms with Gasteiger partial charge in [0.25, 0.3) is 0 Å². The fourth-order valence-electron chi connectivity index (χ4n) is 2.31. The van der Waals surface area contributed by atoms with Gasteiger partial charge in [0.05, 0.1) is 5.41 Å². The zero-order chi connectivity index (χ0) is 8.60. The lowest BCUT2D eigenvalue weighted by molar-refractivity contribution is -0.152. The summed E-state index contributed by atoms with van der Waals surface area (Å²) >= 11 is 0. The highest BCUT2D eigenvalue weighted by Gasteiger charge is 2.51. The summed E-state index contributed by atoms with van der Waals surface area (Å²) in [4.78, 5) is 11.1. The molecule has 3 heteroatoms. The molecule has 1 aliphatic carbocycles. The fourth-order valence-corrected chi connectivity index (χ4v) is 2.31. The Balaban J connectivity index is 2.13. The molecule has 0 atom stereocenters. The average molecular weight is 169 g/mol. The van der Waals surface area contributed by atoms with Crippen LogP contribution in [0.25, 0.3) is 0 Å². The van der Waals surface area contributed by atoms with Gasteiger partial charge < -0.3 is 10.4 Å². The molecule has 0 aromatic heterocycles. The Labute approximate surface area is 72.2 Å². The van der Waals surface area contributed by atoms with Gasteiger partial charge in [0.1, 0.15) is 0 Å². The molecule has 0 aromatic rings. The molecule has 1 saturated heterocycles. The molecular formula is C9H15NO2. The number of nitrogens with one attached hydrogen (secondary N) is 1. The Bertz CT molecular complexity index is 193. The number of aliphatic carboxylic acids is 1. The Hall–Kier alpha value is -0.570. The normalized spacial score (nSPS) is 28.3. The second-order valence-corrected chi connectivity index (χ2v) is 3.99. The van der Waals surface area contributed by atoms with Crippen molar-refractivity contribution in [1.29, 1.82) is 0 Å². The minimum absolute atomic E-state index is 0.356. The van der Waals surface area contributed by atoms with E-state index in [2.05, 4.69) is 5.32 Å². The van der Waals surface area contributed by atoms with E-state index in [4.69, 9.17) is 0 Å². The molecule has 68 valence electrons.